The maximum absolute atomic E-state index is 13.8. The van der Waals surface area contributed by atoms with Crippen LogP contribution in [0.15, 0.2) is 58.5 Å². The van der Waals surface area contributed by atoms with Gasteiger partial charge in [-0.25, -0.2) is 0 Å². The number of fused-ring (bicyclic) bond motifs is 4. The number of nitrogens with one attached hydrogen (secondary N) is 1. The van der Waals surface area contributed by atoms with E-state index in [1.54, 1.807) is 22.8 Å². The third-order valence-corrected chi connectivity index (χ3v) is 6.98. The number of alkyl halides is 3. The smallest absolute Gasteiger partial charge is 0.422 e. The average Bonchev–Trinajstić information content (AvgIpc) is 3.24. The molecule has 5 aromatic rings. The number of ether oxygens (including phenoxy) is 1. The van der Waals surface area contributed by atoms with E-state index in [0.29, 0.717) is 27.6 Å². The van der Waals surface area contributed by atoms with E-state index in [0.717, 1.165) is 24.5 Å². The lowest BCUT2D eigenvalue weighted by molar-refractivity contribution is -0.153. The molecule has 0 aliphatic heterocycles. The molecule has 2 aromatic carbocycles. The van der Waals surface area contributed by atoms with Gasteiger partial charge >= 0.3 is 16.4 Å². The monoisotopic (exact) mass is 558 g/mol. The van der Waals surface area contributed by atoms with Crippen LogP contribution >= 0.6 is 0 Å². The molecule has 0 atom stereocenters. The van der Waals surface area contributed by atoms with Gasteiger partial charge in [-0.2, -0.15) is 26.9 Å². The molecule has 8 nitrogen and oxygen atoms in total. The third kappa shape index (κ3) is 4.67. The van der Waals surface area contributed by atoms with Crippen molar-refractivity contribution in [2.75, 3.05) is 6.61 Å². The van der Waals surface area contributed by atoms with Gasteiger partial charge in [-0.05, 0) is 44.2 Å². The summed E-state index contributed by atoms with van der Waals surface area (Å²) in [4.78, 5) is 19.9. The molecule has 0 spiro atoms. The number of pyridine rings is 2. The lowest BCUT2D eigenvalue weighted by Crippen LogP contribution is -2.20. The zero-order valence-corrected chi connectivity index (χ0v) is 21.1. The van der Waals surface area contributed by atoms with Gasteiger partial charge < -0.3 is 14.3 Å². The Balaban J connectivity index is 1.91. The van der Waals surface area contributed by atoms with Gasteiger partial charge in [0.25, 0.3) is 0 Å². The molecule has 0 radical (unpaired) electrons. The number of hydrogen-bond acceptors (Lipinski definition) is 6. The SMILES string of the molecule is CC(C)n1c2cc(-c3cncc(S(=O)(=O)F)c3)c(OCC(F)(F)F)cc2c(=O)c2c3ccc(C#N)cc3[nH]c21. The highest BCUT2D eigenvalue weighted by Crippen LogP contribution is 2.38. The highest BCUT2D eigenvalue weighted by Gasteiger charge is 2.30. The van der Waals surface area contributed by atoms with E-state index in [1.165, 1.54) is 6.07 Å². The topological polar surface area (TPSA) is 118 Å². The van der Waals surface area contributed by atoms with E-state index in [-0.39, 0.29) is 33.7 Å². The van der Waals surface area contributed by atoms with E-state index in [2.05, 4.69) is 9.97 Å². The largest absolute Gasteiger partial charge is 0.483 e. The lowest BCUT2D eigenvalue weighted by atomic mass is 10.0. The Hall–Kier alpha value is -4.44. The molecule has 0 aliphatic carbocycles. The van der Waals surface area contributed by atoms with Crippen molar-refractivity contribution in [1.29, 1.82) is 5.26 Å². The second-order valence-electron chi connectivity index (χ2n) is 9.13. The number of nitrogens with zero attached hydrogens (tertiary/aromatic N) is 3. The number of hydrogen-bond donors (Lipinski definition) is 1. The highest BCUT2D eigenvalue weighted by molar-refractivity contribution is 7.86. The van der Waals surface area contributed by atoms with Gasteiger partial charge in [0.05, 0.1) is 27.9 Å². The van der Waals surface area contributed by atoms with Gasteiger partial charge in [0.1, 0.15) is 16.3 Å². The van der Waals surface area contributed by atoms with Crippen LogP contribution < -0.4 is 10.2 Å². The normalized spacial score (nSPS) is 12.5. The van der Waals surface area contributed by atoms with Crippen LogP contribution in [0.2, 0.25) is 0 Å². The molecule has 0 fully saturated rings. The van der Waals surface area contributed by atoms with Crippen molar-refractivity contribution in [2.24, 2.45) is 0 Å². The standard InChI is InChI=1S/C26H18F4N4O4S/c1-13(2)34-21-7-18(15-6-16(11-32-10-15)39(30,36)37)22(38-12-26(27,28)29)8-19(21)24(35)23-17-4-3-14(9-31)5-20(17)33-25(23)34/h3-8,10-11,13,33H,12H2,1-2H3. The Morgan fingerprint density at radius 2 is 1.87 bits per heavy atom. The van der Waals surface area contributed by atoms with Crippen molar-refractivity contribution < 1.29 is 30.2 Å². The fourth-order valence-corrected chi connectivity index (χ4v) is 5.06. The van der Waals surface area contributed by atoms with E-state index < -0.39 is 33.3 Å². The zero-order chi connectivity index (χ0) is 28.3. The van der Waals surface area contributed by atoms with Crippen molar-refractivity contribution in [2.45, 2.75) is 31.0 Å². The first-order valence-corrected chi connectivity index (χ1v) is 12.8. The molecule has 0 bridgehead atoms. The lowest BCUT2D eigenvalue weighted by Gasteiger charge is -2.20. The van der Waals surface area contributed by atoms with Gasteiger partial charge in [0.2, 0.25) is 0 Å². The Kier molecular flexibility index (Phi) is 6.10. The van der Waals surface area contributed by atoms with Crippen molar-refractivity contribution in [1.82, 2.24) is 14.5 Å². The van der Waals surface area contributed by atoms with E-state index in [9.17, 15) is 35.5 Å². The first-order chi connectivity index (χ1) is 18.3. The van der Waals surface area contributed by atoms with E-state index >= 15 is 0 Å². The van der Waals surface area contributed by atoms with Gasteiger partial charge in [0.15, 0.2) is 12.0 Å². The molecule has 3 heterocycles. The maximum Gasteiger partial charge on any atom is 0.422 e. The fourth-order valence-electron chi connectivity index (χ4n) is 4.61. The number of aromatic amines is 1. The van der Waals surface area contributed by atoms with Gasteiger partial charge in [-0.15, -0.1) is 3.89 Å². The van der Waals surface area contributed by atoms with Gasteiger partial charge in [0, 0.05) is 40.5 Å². The zero-order valence-electron chi connectivity index (χ0n) is 20.3. The minimum atomic E-state index is -5.17. The molecular formula is C26H18F4N4O4S. The highest BCUT2D eigenvalue weighted by atomic mass is 32.3. The van der Waals surface area contributed by atoms with Crippen LogP contribution in [-0.4, -0.2) is 35.7 Å². The number of aromatic nitrogens is 3. The molecular weight excluding hydrogens is 540 g/mol. The number of benzene rings is 2. The first kappa shape index (κ1) is 26.2. The summed E-state index contributed by atoms with van der Waals surface area (Å²) in [5.41, 5.74) is 1.05. The molecule has 13 heteroatoms. The van der Waals surface area contributed by atoms with Gasteiger partial charge in [-0.1, -0.05) is 6.07 Å². The summed E-state index contributed by atoms with van der Waals surface area (Å²) in [6.07, 6.45) is -2.80. The molecule has 200 valence electrons. The Labute approximate surface area is 218 Å². The number of rotatable bonds is 5. The first-order valence-electron chi connectivity index (χ1n) is 11.5. The van der Waals surface area contributed by atoms with Crippen LogP contribution in [0.1, 0.15) is 25.5 Å². The van der Waals surface area contributed by atoms with Crippen LogP contribution in [0.3, 0.4) is 0 Å². The fraction of sp³-hybridized carbons (Fsp3) is 0.192. The maximum atomic E-state index is 13.8. The summed E-state index contributed by atoms with van der Waals surface area (Å²) in [6, 6.07) is 9.99. The van der Waals surface area contributed by atoms with Crippen molar-refractivity contribution >= 4 is 43.1 Å². The second-order valence-corrected chi connectivity index (χ2v) is 10.5. The number of nitriles is 1. The molecule has 39 heavy (non-hydrogen) atoms. The summed E-state index contributed by atoms with van der Waals surface area (Å²) >= 11 is 0. The van der Waals surface area contributed by atoms with Crippen molar-refractivity contribution in [3.8, 4) is 22.9 Å². The summed E-state index contributed by atoms with van der Waals surface area (Å²) in [5.74, 6) is -0.367. The van der Waals surface area contributed by atoms with Crippen LogP contribution in [0.4, 0.5) is 17.1 Å². The van der Waals surface area contributed by atoms with E-state index in [1.807, 2.05) is 19.9 Å². The van der Waals surface area contributed by atoms with Gasteiger partial charge in [-0.3, -0.25) is 9.78 Å². The second kappa shape index (κ2) is 9.09. The number of halogens is 4. The summed E-state index contributed by atoms with van der Waals surface area (Å²) in [6.45, 7) is 1.98. The van der Waals surface area contributed by atoms with Crippen LogP contribution in [0.5, 0.6) is 5.75 Å². The van der Waals surface area contributed by atoms with Crippen LogP contribution in [-0.2, 0) is 10.2 Å². The average molecular weight is 559 g/mol. The van der Waals surface area contributed by atoms with Crippen LogP contribution in [0.25, 0.3) is 44.0 Å². The molecule has 0 saturated heterocycles. The molecule has 1 N–H and O–H groups in total. The minimum absolute atomic E-state index is 0.0271. The van der Waals surface area contributed by atoms with Crippen molar-refractivity contribution in [3.63, 3.8) is 0 Å². The Bertz CT molecular complexity index is 2010. The Morgan fingerprint density at radius 1 is 1.13 bits per heavy atom. The molecule has 0 saturated carbocycles. The predicted octanol–water partition coefficient (Wildman–Crippen LogP) is 5.75. The number of H-pyrrole nitrogens is 1. The molecule has 0 aliphatic rings. The van der Waals surface area contributed by atoms with Crippen molar-refractivity contribution in [3.05, 3.63) is 64.6 Å². The molecule has 5 rings (SSSR count). The van der Waals surface area contributed by atoms with E-state index in [4.69, 9.17) is 4.74 Å². The third-order valence-electron chi connectivity index (χ3n) is 6.19. The molecule has 3 aromatic heterocycles. The minimum Gasteiger partial charge on any atom is -0.483 e. The summed E-state index contributed by atoms with van der Waals surface area (Å²) in [5, 5.41) is 10.1. The summed E-state index contributed by atoms with van der Waals surface area (Å²) < 4.78 is 82.8. The molecule has 0 unspecified atom stereocenters. The van der Waals surface area contributed by atoms with Crippen LogP contribution in [0, 0.1) is 11.3 Å². The predicted molar refractivity (Wildman–Crippen MR) is 136 cm³/mol. The Morgan fingerprint density at radius 3 is 2.51 bits per heavy atom. The molecule has 0 amide bonds. The quantitative estimate of drug-likeness (QED) is 0.217. The summed E-state index contributed by atoms with van der Waals surface area (Å²) in [7, 11) is -5.17.